The van der Waals surface area contributed by atoms with Crippen molar-refractivity contribution in [3.8, 4) is 0 Å². The smallest absolute Gasteiger partial charge is 0.239 e. The van der Waals surface area contributed by atoms with Crippen molar-refractivity contribution in [1.29, 1.82) is 0 Å². The molecule has 0 saturated heterocycles. The van der Waals surface area contributed by atoms with Crippen molar-refractivity contribution in [2.45, 2.75) is 33.0 Å². The van der Waals surface area contributed by atoms with Crippen molar-refractivity contribution < 1.29 is 9.18 Å². The number of rotatable bonds is 7. The van der Waals surface area contributed by atoms with Gasteiger partial charge in [-0.3, -0.25) is 9.69 Å². The molecule has 128 valence electrons. The maximum atomic E-state index is 13.3. The van der Waals surface area contributed by atoms with E-state index in [-0.39, 0.29) is 17.8 Å². The van der Waals surface area contributed by atoms with Gasteiger partial charge in [-0.05, 0) is 36.7 Å². The number of carbonyl (C=O) groups excluding carboxylic acids is 1. The van der Waals surface area contributed by atoms with Gasteiger partial charge in [-0.15, -0.1) is 0 Å². The van der Waals surface area contributed by atoms with Crippen molar-refractivity contribution in [2.24, 2.45) is 0 Å². The Bertz CT molecular complexity index is 660. The molecule has 0 aliphatic heterocycles. The van der Waals surface area contributed by atoms with Crippen LogP contribution in [0.1, 0.15) is 25.0 Å². The van der Waals surface area contributed by atoms with Crippen LogP contribution >= 0.6 is 0 Å². The molecule has 0 aliphatic rings. The number of carbonyl (C=O) groups is 1. The highest BCUT2D eigenvalue weighted by Gasteiger charge is 2.23. The Labute approximate surface area is 143 Å². The van der Waals surface area contributed by atoms with Gasteiger partial charge in [-0.2, -0.15) is 0 Å². The van der Waals surface area contributed by atoms with Gasteiger partial charge in [0, 0.05) is 20.1 Å². The Hall–Kier alpha value is -2.20. The Morgan fingerprint density at radius 1 is 1.04 bits per heavy atom. The van der Waals surface area contributed by atoms with Gasteiger partial charge in [0.2, 0.25) is 5.91 Å². The third-order valence-electron chi connectivity index (χ3n) is 4.22. The molecule has 3 nitrogen and oxygen atoms in total. The molecule has 0 heterocycles. The number of amides is 1. The number of hydrogen-bond donors (Lipinski definition) is 0. The fourth-order valence-electron chi connectivity index (χ4n) is 2.80. The summed E-state index contributed by atoms with van der Waals surface area (Å²) in [6.07, 6.45) is 0. The minimum atomic E-state index is -0.277. The van der Waals surface area contributed by atoms with Crippen LogP contribution < -0.4 is 0 Å². The van der Waals surface area contributed by atoms with Crippen molar-refractivity contribution in [2.75, 3.05) is 13.6 Å². The number of benzene rings is 2. The number of hydrogen-bond acceptors (Lipinski definition) is 2. The Kier molecular flexibility index (Phi) is 6.50. The molecule has 0 N–H and O–H groups in total. The molecule has 0 saturated carbocycles. The second-order valence-corrected chi connectivity index (χ2v) is 6.05. The van der Waals surface area contributed by atoms with Crippen LogP contribution in [0.15, 0.2) is 54.6 Å². The zero-order valence-electron chi connectivity index (χ0n) is 14.6. The normalized spacial score (nSPS) is 12.2. The number of nitrogens with zero attached hydrogens (tertiary/aromatic N) is 2. The number of likely N-dealkylation sites (N-methyl/N-ethyl adjacent to an activating group) is 2. The average Bonchev–Trinajstić information content (AvgIpc) is 2.59. The lowest BCUT2D eigenvalue weighted by atomic mass is 10.1. The van der Waals surface area contributed by atoms with Crippen molar-refractivity contribution in [1.82, 2.24) is 9.80 Å². The summed E-state index contributed by atoms with van der Waals surface area (Å²) in [5.74, 6) is -0.238. The quantitative estimate of drug-likeness (QED) is 0.774. The lowest BCUT2D eigenvalue weighted by Crippen LogP contribution is -2.45. The summed E-state index contributed by atoms with van der Waals surface area (Å²) >= 11 is 0. The monoisotopic (exact) mass is 328 g/mol. The molecule has 1 unspecified atom stereocenters. The Morgan fingerprint density at radius 2 is 1.71 bits per heavy atom. The minimum Gasteiger partial charge on any atom is -0.340 e. The Morgan fingerprint density at radius 3 is 2.33 bits per heavy atom. The van der Waals surface area contributed by atoms with Crippen LogP contribution in [-0.4, -0.2) is 35.3 Å². The summed E-state index contributed by atoms with van der Waals surface area (Å²) in [6, 6.07) is 16.3. The summed E-state index contributed by atoms with van der Waals surface area (Å²) in [7, 11) is 1.76. The van der Waals surface area contributed by atoms with Gasteiger partial charge in [0.05, 0.1) is 6.04 Å². The first kappa shape index (κ1) is 18.1. The van der Waals surface area contributed by atoms with Crippen molar-refractivity contribution in [3.63, 3.8) is 0 Å². The summed E-state index contributed by atoms with van der Waals surface area (Å²) in [5, 5.41) is 0. The van der Waals surface area contributed by atoms with Gasteiger partial charge >= 0.3 is 0 Å². The average molecular weight is 328 g/mol. The van der Waals surface area contributed by atoms with Crippen molar-refractivity contribution in [3.05, 3.63) is 71.5 Å². The Balaban J connectivity index is 2.00. The zero-order valence-corrected chi connectivity index (χ0v) is 14.6. The molecule has 1 atom stereocenters. The standard InChI is InChI=1S/C20H25FN2O/c1-4-23(15-17-9-6-5-7-10-17)16(2)20(24)22(3)14-18-11-8-12-19(21)13-18/h5-13,16H,4,14-15H2,1-3H3. The van der Waals surface area contributed by atoms with Crippen LogP contribution in [0.3, 0.4) is 0 Å². The second kappa shape index (κ2) is 8.60. The topological polar surface area (TPSA) is 23.6 Å². The van der Waals surface area contributed by atoms with E-state index in [2.05, 4.69) is 24.0 Å². The molecule has 0 aromatic heterocycles. The fraction of sp³-hybridized carbons (Fsp3) is 0.350. The highest BCUT2D eigenvalue weighted by Crippen LogP contribution is 2.12. The molecule has 24 heavy (non-hydrogen) atoms. The van der Waals surface area contributed by atoms with Crippen LogP contribution in [-0.2, 0) is 17.9 Å². The van der Waals surface area contributed by atoms with E-state index in [0.717, 1.165) is 18.7 Å². The molecular weight excluding hydrogens is 303 g/mol. The van der Waals surface area contributed by atoms with E-state index in [1.165, 1.54) is 17.7 Å². The molecule has 2 aromatic rings. The molecule has 0 aliphatic carbocycles. The van der Waals surface area contributed by atoms with E-state index >= 15 is 0 Å². The molecule has 0 fully saturated rings. The van der Waals surface area contributed by atoms with E-state index in [0.29, 0.717) is 6.54 Å². The first-order chi connectivity index (χ1) is 11.5. The summed E-state index contributed by atoms with van der Waals surface area (Å²) < 4.78 is 13.3. The molecule has 4 heteroatoms. The van der Waals surface area contributed by atoms with Gasteiger partial charge in [-0.25, -0.2) is 4.39 Å². The van der Waals surface area contributed by atoms with Gasteiger partial charge in [0.25, 0.3) is 0 Å². The van der Waals surface area contributed by atoms with Gasteiger partial charge in [0.1, 0.15) is 5.82 Å². The maximum absolute atomic E-state index is 13.3. The molecule has 0 bridgehead atoms. The van der Waals surface area contributed by atoms with Gasteiger partial charge in [-0.1, -0.05) is 49.4 Å². The summed E-state index contributed by atoms with van der Waals surface area (Å²) in [4.78, 5) is 16.5. The third kappa shape index (κ3) is 4.90. The molecular formula is C20H25FN2O. The highest BCUT2D eigenvalue weighted by molar-refractivity contribution is 5.81. The van der Waals surface area contributed by atoms with E-state index in [1.807, 2.05) is 31.2 Å². The molecule has 2 aromatic carbocycles. The third-order valence-corrected chi connectivity index (χ3v) is 4.22. The fourth-order valence-corrected chi connectivity index (χ4v) is 2.80. The van der Waals surface area contributed by atoms with Crippen LogP contribution in [0.5, 0.6) is 0 Å². The lowest BCUT2D eigenvalue weighted by molar-refractivity contribution is -0.135. The maximum Gasteiger partial charge on any atom is 0.239 e. The van der Waals surface area contributed by atoms with Gasteiger partial charge < -0.3 is 4.90 Å². The predicted octanol–water partition coefficient (Wildman–Crippen LogP) is 3.69. The predicted molar refractivity (Wildman–Crippen MR) is 94.9 cm³/mol. The molecule has 0 radical (unpaired) electrons. The second-order valence-electron chi connectivity index (χ2n) is 6.05. The van der Waals surface area contributed by atoms with Crippen LogP contribution in [0.4, 0.5) is 4.39 Å². The minimum absolute atomic E-state index is 0.0389. The highest BCUT2D eigenvalue weighted by atomic mass is 19.1. The zero-order chi connectivity index (χ0) is 17.5. The van der Waals surface area contributed by atoms with Crippen molar-refractivity contribution >= 4 is 5.91 Å². The van der Waals surface area contributed by atoms with Crippen LogP contribution in [0.2, 0.25) is 0 Å². The van der Waals surface area contributed by atoms with E-state index in [1.54, 1.807) is 18.0 Å². The van der Waals surface area contributed by atoms with E-state index in [4.69, 9.17) is 0 Å². The summed E-state index contributed by atoms with van der Waals surface area (Å²) in [6.45, 7) is 5.91. The summed E-state index contributed by atoms with van der Waals surface area (Å²) in [5.41, 5.74) is 1.98. The first-order valence-electron chi connectivity index (χ1n) is 8.28. The van der Waals surface area contributed by atoms with Crippen LogP contribution in [0, 0.1) is 5.82 Å². The molecule has 0 spiro atoms. The van der Waals surface area contributed by atoms with E-state index < -0.39 is 0 Å². The van der Waals surface area contributed by atoms with Crippen LogP contribution in [0.25, 0.3) is 0 Å². The largest absolute Gasteiger partial charge is 0.340 e. The SMILES string of the molecule is CCN(Cc1ccccc1)C(C)C(=O)N(C)Cc1cccc(F)c1. The molecule has 2 rings (SSSR count). The first-order valence-corrected chi connectivity index (χ1v) is 8.28. The molecule has 1 amide bonds. The lowest BCUT2D eigenvalue weighted by Gasteiger charge is -2.30. The number of halogens is 1. The van der Waals surface area contributed by atoms with E-state index in [9.17, 15) is 9.18 Å². The van der Waals surface area contributed by atoms with Gasteiger partial charge in [0.15, 0.2) is 0 Å².